The van der Waals surface area contributed by atoms with E-state index < -0.39 is 0 Å². The van der Waals surface area contributed by atoms with Crippen molar-refractivity contribution in [2.45, 2.75) is 6.54 Å². The molecule has 0 fully saturated rings. The van der Waals surface area contributed by atoms with E-state index in [4.69, 9.17) is 9.15 Å². The first-order chi connectivity index (χ1) is 12.7. The van der Waals surface area contributed by atoms with Crippen molar-refractivity contribution in [3.8, 4) is 11.5 Å². The summed E-state index contributed by atoms with van der Waals surface area (Å²) in [6.07, 6.45) is 4.79. The molecule has 0 spiro atoms. The normalized spacial score (nSPS) is 10.2. The van der Waals surface area contributed by atoms with Crippen molar-refractivity contribution in [1.29, 1.82) is 0 Å². The molecule has 3 rings (SSSR count). The number of rotatable bonds is 7. The van der Waals surface area contributed by atoms with Crippen LogP contribution in [0.2, 0.25) is 0 Å². The Balaban J connectivity index is 1.46. The molecule has 2 aromatic heterocycles. The fourth-order valence-corrected chi connectivity index (χ4v) is 2.14. The van der Waals surface area contributed by atoms with E-state index in [2.05, 4.69) is 15.6 Å². The van der Waals surface area contributed by atoms with Gasteiger partial charge in [0, 0.05) is 11.8 Å². The number of aromatic nitrogens is 1. The number of hydrogen-bond donors (Lipinski definition) is 2. The summed E-state index contributed by atoms with van der Waals surface area (Å²) in [6, 6.07) is 13.7. The molecule has 0 aliphatic heterocycles. The summed E-state index contributed by atoms with van der Waals surface area (Å²) in [5, 5.41) is 5.22. The van der Waals surface area contributed by atoms with E-state index in [1.54, 1.807) is 60.9 Å². The van der Waals surface area contributed by atoms with E-state index in [0.717, 1.165) is 0 Å². The molecule has 0 saturated carbocycles. The molecule has 0 bridgehead atoms. The van der Waals surface area contributed by atoms with Crippen molar-refractivity contribution >= 4 is 11.8 Å². The summed E-state index contributed by atoms with van der Waals surface area (Å²) in [4.78, 5) is 27.8. The Morgan fingerprint density at radius 1 is 1.00 bits per heavy atom. The number of carbonyl (C=O) groups excluding carboxylic acids is 2. The van der Waals surface area contributed by atoms with E-state index in [-0.39, 0.29) is 24.9 Å². The molecule has 7 nitrogen and oxygen atoms in total. The van der Waals surface area contributed by atoms with Gasteiger partial charge in [-0.2, -0.15) is 0 Å². The van der Waals surface area contributed by atoms with Gasteiger partial charge in [0.1, 0.15) is 17.3 Å². The highest BCUT2D eigenvalue weighted by Crippen LogP contribution is 2.20. The molecule has 132 valence electrons. The van der Waals surface area contributed by atoms with Gasteiger partial charge in [0.15, 0.2) is 0 Å². The first-order valence-corrected chi connectivity index (χ1v) is 7.96. The second-order valence-corrected chi connectivity index (χ2v) is 5.35. The topological polar surface area (TPSA) is 93.5 Å². The van der Waals surface area contributed by atoms with Gasteiger partial charge in [0.05, 0.1) is 25.5 Å². The van der Waals surface area contributed by atoms with Crippen molar-refractivity contribution in [3.05, 3.63) is 78.5 Å². The number of nitrogens with one attached hydrogen (secondary N) is 2. The van der Waals surface area contributed by atoms with Gasteiger partial charge in [-0.3, -0.25) is 14.6 Å². The molecule has 0 aliphatic rings. The minimum absolute atomic E-state index is 0.118. The lowest BCUT2D eigenvalue weighted by atomic mass is 10.2. The van der Waals surface area contributed by atoms with Crippen LogP contribution in [-0.2, 0) is 11.3 Å². The van der Waals surface area contributed by atoms with Crippen LogP contribution in [0.25, 0.3) is 0 Å². The standard InChI is InChI=1S/C19H17N3O4/c23-18(21-12-16-4-2-10-25-16)13-22-19(24)14-5-7-15(8-6-14)26-17-3-1-9-20-11-17/h1-11H,12-13H2,(H,21,23)(H,22,24). The van der Waals surface area contributed by atoms with Crippen LogP contribution in [0.1, 0.15) is 16.1 Å². The number of ether oxygens (including phenoxy) is 1. The molecule has 7 heteroatoms. The lowest BCUT2D eigenvalue weighted by molar-refractivity contribution is -0.120. The second-order valence-electron chi connectivity index (χ2n) is 5.35. The molecule has 0 atom stereocenters. The minimum Gasteiger partial charge on any atom is -0.467 e. The van der Waals surface area contributed by atoms with Gasteiger partial charge in [-0.05, 0) is 48.5 Å². The van der Waals surface area contributed by atoms with E-state index >= 15 is 0 Å². The molecule has 0 unspecified atom stereocenters. The van der Waals surface area contributed by atoms with Crippen molar-refractivity contribution in [2.75, 3.05) is 6.54 Å². The van der Waals surface area contributed by atoms with Crippen LogP contribution in [0.3, 0.4) is 0 Å². The maximum absolute atomic E-state index is 12.1. The van der Waals surface area contributed by atoms with E-state index in [0.29, 0.717) is 22.8 Å². The van der Waals surface area contributed by atoms with E-state index in [9.17, 15) is 9.59 Å². The van der Waals surface area contributed by atoms with E-state index in [1.165, 1.54) is 6.26 Å². The lowest BCUT2D eigenvalue weighted by Crippen LogP contribution is -2.36. The third-order valence-electron chi connectivity index (χ3n) is 3.44. The Labute approximate surface area is 150 Å². The van der Waals surface area contributed by atoms with Gasteiger partial charge in [-0.15, -0.1) is 0 Å². The molecule has 2 amide bonds. The molecule has 26 heavy (non-hydrogen) atoms. The van der Waals surface area contributed by atoms with Gasteiger partial charge in [0.25, 0.3) is 5.91 Å². The smallest absolute Gasteiger partial charge is 0.251 e. The number of benzene rings is 1. The largest absolute Gasteiger partial charge is 0.467 e. The van der Waals surface area contributed by atoms with Crippen LogP contribution in [-0.4, -0.2) is 23.3 Å². The number of hydrogen-bond acceptors (Lipinski definition) is 5. The van der Waals surface area contributed by atoms with E-state index in [1.807, 2.05) is 0 Å². The zero-order valence-corrected chi connectivity index (χ0v) is 13.8. The quantitative estimate of drug-likeness (QED) is 0.682. The summed E-state index contributed by atoms with van der Waals surface area (Å²) in [5.41, 5.74) is 0.433. The summed E-state index contributed by atoms with van der Waals surface area (Å²) in [7, 11) is 0. The number of pyridine rings is 1. The average Bonchev–Trinajstić information content (AvgIpc) is 3.19. The number of carbonyl (C=O) groups is 2. The predicted octanol–water partition coefficient (Wildman–Crippen LogP) is 2.51. The molecule has 1 aromatic carbocycles. The Hall–Kier alpha value is -3.61. The zero-order valence-electron chi connectivity index (χ0n) is 13.8. The first-order valence-electron chi connectivity index (χ1n) is 7.96. The molecule has 2 N–H and O–H groups in total. The zero-order chi connectivity index (χ0) is 18.2. The first kappa shape index (κ1) is 17.2. The molecule has 0 saturated heterocycles. The van der Waals surface area contributed by atoms with Crippen molar-refractivity contribution in [1.82, 2.24) is 15.6 Å². The molecular weight excluding hydrogens is 334 g/mol. The minimum atomic E-state index is -0.342. The number of furan rings is 1. The van der Waals surface area contributed by atoms with Crippen LogP contribution in [0, 0.1) is 0 Å². The lowest BCUT2D eigenvalue weighted by Gasteiger charge is -2.08. The fraction of sp³-hybridized carbons (Fsp3) is 0.105. The molecule has 0 aliphatic carbocycles. The molecule has 0 radical (unpaired) electrons. The molecule has 3 aromatic rings. The third-order valence-corrected chi connectivity index (χ3v) is 3.44. The van der Waals surface area contributed by atoms with Crippen molar-refractivity contribution in [2.24, 2.45) is 0 Å². The van der Waals surface area contributed by atoms with Crippen LogP contribution in [0.5, 0.6) is 11.5 Å². The highest BCUT2D eigenvalue weighted by Gasteiger charge is 2.09. The molecular formula is C19H17N3O4. The van der Waals surface area contributed by atoms with Crippen molar-refractivity contribution in [3.63, 3.8) is 0 Å². The van der Waals surface area contributed by atoms with Crippen LogP contribution < -0.4 is 15.4 Å². The Morgan fingerprint density at radius 2 is 1.85 bits per heavy atom. The summed E-state index contributed by atoms with van der Waals surface area (Å²) in [6.45, 7) is 0.162. The second kappa shape index (κ2) is 8.48. The summed E-state index contributed by atoms with van der Waals surface area (Å²) < 4.78 is 10.7. The monoisotopic (exact) mass is 351 g/mol. The predicted molar refractivity (Wildman–Crippen MR) is 93.6 cm³/mol. The highest BCUT2D eigenvalue weighted by molar-refractivity contribution is 5.96. The number of nitrogens with zero attached hydrogens (tertiary/aromatic N) is 1. The van der Waals surface area contributed by atoms with Crippen LogP contribution >= 0.6 is 0 Å². The summed E-state index contributed by atoms with van der Waals surface area (Å²) in [5.74, 6) is 1.20. The maximum atomic E-state index is 12.1. The SMILES string of the molecule is O=C(CNC(=O)c1ccc(Oc2cccnc2)cc1)NCc1ccco1. The summed E-state index contributed by atoms with van der Waals surface area (Å²) >= 11 is 0. The Morgan fingerprint density at radius 3 is 2.54 bits per heavy atom. The van der Waals surface area contributed by atoms with Gasteiger partial charge in [-0.25, -0.2) is 0 Å². The molecule has 2 heterocycles. The van der Waals surface area contributed by atoms with Gasteiger partial charge in [-0.1, -0.05) is 0 Å². The fourth-order valence-electron chi connectivity index (χ4n) is 2.14. The van der Waals surface area contributed by atoms with Crippen molar-refractivity contribution < 1.29 is 18.7 Å². The number of amides is 2. The Bertz CT molecular complexity index is 846. The van der Waals surface area contributed by atoms with Crippen LogP contribution in [0.15, 0.2) is 71.6 Å². The van der Waals surface area contributed by atoms with Gasteiger partial charge >= 0.3 is 0 Å². The Kier molecular flexibility index (Phi) is 5.61. The highest BCUT2D eigenvalue weighted by atomic mass is 16.5. The van der Waals surface area contributed by atoms with Gasteiger partial charge < -0.3 is 19.8 Å². The third kappa shape index (κ3) is 4.94. The van der Waals surface area contributed by atoms with Crippen LogP contribution in [0.4, 0.5) is 0 Å². The average molecular weight is 351 g/mol. The van der Waals surface area contributed by atoms with Gasteiger partial charge in [0.2, 0.25) is 5.91 Å². The maximum Gasteiger partial charge on any atom is 0.251 e.